The van der Waals surface area contributed by atoms with Crippen molar-refractivity contribution in [1.29, 1.82) is 0 Å². The van der Waals surface area contributed by atoms with Crippen LogP contribution < -0.4 is 5.73 Å². The molecule has 1 aliphatic heterocycles. The van der Waals surface area contributed by atoms with E-state index in [2.05, 4.69) is 16.9 Å². The first-order valence-electron chi connectivity index (χ1n) is 5.82. The number of hydrogen-bond acceptors (Lipinski definition) is 3. The summed E-state index contributed by atoms with van der Waals surface area (Å²) < 4.78 is 1.98. The van der Waals surface area contributed by atoms with Crippen molar-refractivity contribution in [2.24, 2.45) is 0 Å². The maximum atomic E-state index is 5.85. The van der Waals surface area contributed by atoms with Gasteiger partial charge in [-0.15, -0.1) is 0 Å². The van der Waals surface area contributed by atoms with E-state index in [0.717, 1.165) is 5.82 Å². The third-order valence-electron chi connectivity index (χ3n) is 3.14. The van der Waals surface area contributed by atoms with Crippen molar-refractivity contribution < 1.29 is 0 Å². The Kier molecular flexibility index (Phi) is 3.26. The van der Waals surface area contributed by atoms with Crippen LogP contribution in [0.15, 0.2) is 12.3 Å². The molecule has 2 rings (SSSR count). The van der Waals surface area contributed by atoms with E-state index in [-0.39, 0.29) is 0 Å². The highest BCUT2D eigenvalue weighted by atomic mass is 15.3. The van der Waals surface area contributed by atoms with Crippen molar-refractivity contribution in [2.45, 2.75) is 32.2 Å². The molecule has 84 valence electrons. The highest BCUT2D eigenvalue weighted by Gasteiger charge is 2.21. The first kappa shape index (κ1) is 10.5. The van der Waals surface area contributed by atoms with Crippen molar-refractivity contribution in [3.05, 3.63) is 12.3 Å². The van der Waals surface area contributed by atoms with Gasteiger partial charge in [0.05, 0.1) is 12.2 Å². The maximum absolute atomic E-state index is 5.85. The zero-order valence-electron chi connectivity index (χ0n) is 9.39. The molecule has 1 fully saturated rings. The number of rotatable bonds is 3. The zero-order valence-corrected chi connectivity index (χ0v) is 9.39. The fraction of sp³-hybridized carbons (Fsp3) is 0.727. The average molecular weight is 208 g/mol. The summed E-state index contributed by atoms with van der Waals surface area (Å²) in [6.07, 6.45) is 5.38. The summed E-state index contributed by atoms with van der Waals surface area (Å²) in [7, 11) is 0. The Bertz CT molecular complexity index is 299. The Hall–Kier alpha value is -1.03. The molecule has 1 aliphatic rings. The molecule has 0 amide bonds. The Balaban J connectivity index is 1.91. The van der Waals surface area contributed by atoms with Gasteiger partial charge in [-0.3, -0.25) is 0 Å². The summed E-state index contributed by atoms with van der Waals surface area (Å²) in [6.45, 7) is 5.81. The highest BCUT2D eigenvalue weighted by Crippen LogP contribution is 2.23. The van der Waals surface area contributed by atoms with E-state index in [1.165, 1.54) is 38.9 Å². The molecule has 0 aliphatic carbocycles. The van der Waals surface area contributed by atoms with Crippen LogP contribution in [-0.2, 0) is 0 Å². The number of likely N-dealkylation sites (tertiary alicyclic amines) is 1. The van der Waals surface area contributed by atoms with Crippen LogP contribution in [0.4, 0.5) is 5.82 Å². The fourth-order valence-electron chi connectivity index (χ4n) is 2.33. The lowest BCUT2D eigenvalue weighted by molar-refractivity contribution is 0.181. The van der Waals surface area contributed by atoms with Crippen LogP contribution in [0.3, 0.4) is 0 Å². The second kappa shape index (κ2) is 4.66. The molecule has 4 nitrogen and oxygen atoms in total. The van der Waals surface area contributed by atoms with Crippen LogP contribution in [0.5, 0.6) is 0 Å². The van der Waals surface area contributed by atoms with Crippen molar-refractivity contribution in [3.63, 3.8) is 0 Å². The van der Waals surface area contributed by atoms with E-state index >= 15 is 0 Å². The van der Waals surface area contributed by atoms with Gasteiger partial charge >= 0.3 is 0 Å². The van der Waals surface area contributed by atoms with Crippen LogP contribution in [0.25, 0.3) is 0 Å². The number of hydrogen-bond donors (Lipinski definition) is 1. The predicted molar refractivity (Wildman–Crippen MR) is 61.6 cm³/mol. The smallest absolute Gasteiger partial charge is 0.121 e. The third kappa shape index (κ3) is 2.31. The quantitative estimate of drug-likeness (QED) is 0.819. The van der Waals surface area contributed by atoms with E-state index in [4.69, 9.17) is 5.73 Å². The van der Waals surface area contributed by atoms with E-state index in [0.29, 0.717) is 6.04 Å². The van der Waals surface area contributed by atoms with Gasteiger partial charge in [0.2, 0.25) is 0 Å². The monoisotopic (exact) mass is 208 g/mol. The summed E-state index contributed by atoms with van der Waals surface area (Å²) in [5.41, 5.74) is 5.85. The summed E-state index contributed by atoms with van der Waals surface area (Å²) >= 11 is 0. The molecule has 0 atom stereocenters. The molecule has 2 heterocycles. The van der Waals surface area contributed by atoms with Crippen LogP contribution in [0.2, 0.25) is 0 Å². The van der Waals surface area contributed by atoms with Gasteiger partial charge in [0.1, 0.15) is 5.82 Å². The number of piperidine rings is 1. The van der Waals surface area contributed by atoms with Crippen molar-refractivity contribution in [3.8, 4) is 0 Å². The summed E-state index contributed by atoms with van der Waals surface area (Å²) in [5, 5.41) is 4.28. The topological polar surface area (TPSA) is 47.1 Å². The van der Waals surface area contributed by atoms with Gasteiger partial charge in [0, 0.05) is 13.1 Å². The molecule has 0 saturated carbocycles. The van der Waals surface area contributed by atoms with Crippen LogP contribution >= 0.6 is 0 Å². The summed E-state index contributed by atoms with van der Waals surface area (Å²) in [6, 6.07) is 2.38. The molecule has 0 radical (unpaired) electrons. The molecule has 0 bridgehead atoms. The second-order valence-electron chi connectivity index (χ2n) is 4.27. The molecule has 1 saturated heterocycles. The zero-order chi connectivity index (χ0) is 10.7. The van der Waals surface area contributed by atoms with E-state index in [1.54, 1.807) is 6.20 Å². The lowest BCUT2D eigenvalue weighted by Crippen LogP contribution is -2.35. The lowest BCUT2D eigenvalue weighted by Gasteiger charge is -2.32. The van der Waals surface area contributed by atoms with Crippen LogP contribution in [0.1, 0.15) is 32.2 Å². The minimum atomic E-state index is 0.508. The van der Waals surface area contributed by atoms with Gasteiger partial charge in [-0.2, -0.15) is 5.10 Å². The van der Waals surface area contributed by atoms with Gasteiger partial charge in [-0.25, -0.2) is 4.68 Å². The van der Waals surface area contributed by atoms with Gasteiger partial charge < -0.3 is 10.6 Å². The molecule has 1 aromatic heterocycles. The first-order chi connectivity index (χ1) is 7.31. The molecule has 0 spiro atoms. The van der Waals surface area contributed by atoms with Gasteiger partial charge in [0.15, 0.2) is 0 Å². The van der Waals surface area contributed by atoms with Crippen LogP contribution in [-0.4, -0.2) is 34.3 Å². The van der Waals surface area contributed by atoms with E-state index in [9.17, 15) is 0 Å². The largest absolute Gasteiger partial charge is 0.384 e. The Morgan fingerprint density at radius 1 is 1.47 bits per heavy atom. The third-order valence-corrected chi connectivity index (χ3v) is 3.14. The molecule has 15 heavy (non-hydrogen) atoms. The van der Waals surface area contributed by atoms with E-state index < -0.39 is 0 Å². The van der Waals surface area contributed by atoms with Crippen molar-refractivity contribution >= 4 is 5.82 Å². The van der Waals surface area contributed by atoms with E-state index in [1.807, 2.05) is 10.7 Å². The molecule has 0 aromatic carbocycles. The Morgan fingerprint density at radius 3 is 2.73 bits per heavy atom. The predicted octanol–water partition coefficient (Wildman–Crippen LogP) is 1.51. The molecule has 0 unspecified atom stereocenters. The average Bonchev–Trinajstić information content (AvgIpc) is 2.66. The standard InChI is InChI=1S/C11H20N4/c1-2-7-14-8-4-10(5-9-14)15-11(12)3-6-13-15/h3,6,10H,2,4-5,7-9,12H2,1H3. The minimum Gasteiger partial charge on any atom is -0.384 e. The molecular formula is C11H20N4. The first-order valence-corrected chi connectivity index (χ1v) is 5.82. The SMILES string of the molecule is CCCN1CCC(n2nccc2N)CC1. The normalized spacial score (nSPS) is 19.5. The Labute approximate surface area is 91.1 Å². The minimum absolute atomic E-state index is 0.508. The molecule has 2 N–H and O–H groups in total. The number of anilines is 1. The summed E-state index contributed by atoms with van der Waals surface area (Å²) in [4.78, 5) is 2.52. The molecular weight excluding hydrogens is 188 g/mol. The Morgan fingerprint density at radius 2 is 2.20 bits per heavy atom. The molecule has 1 aromatic rings. The van der Waals surface area contributed by atoms with Crippen molar-refractivity contribution in [1.82, 2.24) is 14.7 Å². The van der Waals surface area contributed by atoms with Crippen molar-refractivity contribution in [2.75, 3.05) is 25.4 Å². The lowest BCUT2D eigenvalue weighted by atomic mass is 10.1. The van der Waals surface area contributed by atoms with Gasteiger partial charge in [-0.05, 0) is 31.9 Å². The second-order valence-corrected chi connectivity index (χ2v) is 4.27. The number of nitrogen functional groups attached to an aromatic ring is 1. The van der Waals surface area contributed by atoms with Crippen LogP contribution in [0, 0.1) is 0 Å². The summed E-state index contributed by atoms with van der Waals surface area (Å²) in [5.74, 6) is 0.795. The maximum Gasteiger partial charge on any atom is 0.121 e. The van der Waals surface area contributed by atoms with Gasteiger partial charge in [0.25, 0.3) is 0 Å². The number of nitrogens with two attached hydrogens (primary N) is 1. The van der Waals surface area contributed by atoms with Gasteiger partial charge in [-0.1, -0.05) is 6.92 Å². The number of aromatic nitrogens is 2. The highest BCUT2D eigenvalue weighted by molar-refractivity contribution is 5.26. The number of nitrogens with zero attached hydrogens (tertiary/aromatic N) is 3. The molecule has 4 heteroatoms. The fourth-order valence-corrected chi connectivity index (χ4v) is 2.33.